The van der Waals surface area contributed by atoms with Gasteiger partial charge in [-0.25, -0.2) is 0 Å². The summed E-state index contributed by atoms with van der Waals surface area (Å²) in [4.78, 5) is 25.3. The van der Waals surface area contributed by atoms with Crippen molar-refractivity contribution in [2.24, 2.45) is 0 Å². The zero-order valence-electron chi connectivity index (χ0n) is 13.6. The average molecular weight is 324 g/mol. The van der Waals surface area contributed by atoms with Gasteiger partial charge in [-0.15, -0.1) is 0 Å². The predicted octanol–water partition coefficient (Wildman–Crippen LogP) is 3.11. The van der Waals surface area contributed by atoms with Gasteiger partial charge in [-0.3, -0.25) is 9.59 Å². The molecule has 0 saturated heterocycles. The quantitative estimate of drug-likeness (QED) is 0.888. The zero-order valence-corrected chi connectivity index (χ0v) is 13.6. The van der Waals surface area contributed by atoms with Gasteiger partial charge in [-0.2, -0.15) is 0 Å². The van der Waals surface area contributed by atoms with Crippen molar-refractivity contribution in [1.29, 1.82) is 0 Å². The number of amides is 2. The van der Waals surface area contributed by atoms with Crippen molar-refractivity contribution in [3.05, 3.63) is 54.6 Å². The number of nitrogens with one attached hydrogen (secondary N) is 1. The number of ether oxygens (including phenoxy) is 1. The molecule has 0 unspecified atom stereocenters. The third kappa shape index (κ3) is 4.35. The van der Waals surface area contributed by atoms with Crippen LogP contribution in [0.1, 0.15) is 19.8 Å². The van der Waals surface area contributed by atoms with Gasteiger partial charge < -0.3 is 15.0 Å². The molecule has 3 rings (SSSR count). The van der Waals surface area contributed by atoms with E-state index in [1.54, 1.807) is 24.3 Å². The molecule has 1 aliphatic rings. The maximum absolute atomic E-state index is 12.0. The third-order valence-electron chi connectivity index (χ3n) is 3.75. The standard InChI is InChI=1S/C19H20N2O3/c1-14(22)21(13-19(23)20-15-7-8-15)16-9-11-18(12-10-16)24-17-5-3-2-4-6-17/h2-6,9-12,15H,7-8,13H2,1H3,(H,20,23). The summed E-state index contributed by atoms with van der Waals surface area (Å²) in [5.41, 5.74) is 0.675. The van der Waals surface area contributed by atoms with Crippen LogP contribution >= 0.6 is 0 Å². The Bertz CT molecular complexity index is 709. The molecule has 1 fully saturated rings. The average Bonchev–Trinajstić information content (AvgIpc) is 3.38. The molecular formula is C19H20N2O3. The Labute approximate surface area is 141 Å². The summed E-state index contributed by atoms with van der Waals surface area (Å²) < 4.78 is 5.73. The largest absolute Gasteiger partial charge is 0.457 e. The third-order valence-corrected chi connectivity index (χ3v) is 3.75. The van der Waals surface area contributed by atoms with Crippen LogP contribution in [0.4, 0.5) is 5.69 Å². The molecule has 24 heavy (non-hydrogen) atoms. The van der Waals surface area contributed by atoms with E-state index in [0.717, 1.165) is 18.6 Å². The molecular weight excluding hydrogens is 304 g/mol. The fourth-order valence-corrected chi connectivity index (χ4v) is 2.35. The number of carbonyl (C=O) groups excluding carboxylic acids is 2. The second-order valence-corrected chi connectivity index (χ2v) is 5.86. The van der Waals surface area contributed by atoms with Gasteiger partial charge in [0.1, 0.15) is 18.0 Å². The van der Waals surface area contributed by atoms with Crippen LogP contribution in [-0.4, -0.2) is 24.4 Å². The van der Waals surface area contributed by atoms with Crippen molar-refractivity contribution < 1.29 is 14.3 Å². The first-order chi connectivity index (χ1) is 11.6. The predicted molar refractivity (Wildman–Crippen MR) is 92.1 cm³/mol. The highest BCUT2D eigenvalue weighted by atomic mass is 16.5. The molecule has 1 aliphatic carbocycles. The van der Waals surface area contributed by atoms with Gasteiger partial charge in [0.2, 0.25) is 11.8 Å². The lowest BCUT2D eigenvalue weighted by Crippen LogP contribution is -2.40. The summed E-state index contributed by atoms with van der Waals surface area (Å²) in [7, 11) is 0. The number of anilines is 1. The Morgan fingerprint density at radius 3 is 2.25 bits per heavy atom. The summed E-state index contributed by atoms with van der Waals surface area (Å²) in [6.45, 7) is 1.49. The van der Waals surface area contributed by atoms with Gasteiger partial charge in [0.25, 0.3) is 0 Å². The minimum atomic E-state index is -0.169. The first-order valence-electron chi connectivity index (χ1n) is 8.02. The van der Waals surface area contributed by atoms with Crippen molar-refractivity contribution >= 4 is 17.5 Å². The number of carbonyl (C=O) groups is 2. The summed E-state index contributed by atoms with van der Waals surface area (Å²) >= 11 is 0. The topological polar surface area (TPSA) is 58.6 Å². The molecule has 1 saturated carbocycles. The molecule has 2 amide bonds. The van der Waals surface area contributed by atoms with Crippen molar-refractivity contribution in [3.8, 4) is 11.5 Å². The zero-order chi connectivity index (χ0) is 16.9. The molecule has 0 spiro atoms. The maximum Gasteiger partial charge on any atom is 0.240 e. The normalized spacial score (nSPS) is 13.2. The smallest absolute Gasteiger partial charge is 0.240 e. The summed E-state index contributed by atoms with van der Waals surface area (Å²) in [5.74, 6) is 1.13. The van der Waals surface area contributed by atoms with Crippen molar-refractivity contribution in [3.63, 3.8) is 0 Å². The lowest BCUT2D eigenvalue weighted by molar-refractivity contribution is -0.123. The van der Waals surface area contributed by atoms with Crippen LogP contribution in [0.2, 0.25) is 0 Å². The lowest BCUT2D eigenvalue weighted by Gasteiger charge is -2.21. The highest BCUT2D eigenvalue weighted by Crippen LogP contribution is 2.24. The highest BCUT2D eigenvalue weighted by molar-refractivity contribution is 5.97. The van der Waals surface area contributed by atoms with Crippen LogP contribution in [0.3, 0.4) is 0 Å². The van der Waals surface area contributed by atoms with E-state index in [2.05, 4.69) is 5.32 Å². The molecule has 1 N–H and O–H groups in total. The molecule has 0 radical (unpaired) electrons. The van der Waals surface area contributed by atoms with E-state index in [1.165, 1.54) is 11.8 Å². The number of hydrogen-bond acceptors (Lipinski definition) is 3. The number of hydrogen-bond donors (Lipinski definition) is 1. The summed E-state index contributed by atoms with van der Waals surface area (Å²) in [6.07, 6.45) is 2.05. The highest BCUT2D eigenvalue weighted by Gasteiger charge is 2.25. The maximum atomic E-state index is 12.0. The molecule has 0 aliphatic heterocycles. The Kier molecular flexibility index (Phi) is 4.79. The minimum Gasteiger partial charge on any atom is -0.457 e. The van der Waals surface area contributed by atoms with Crippen molar-refractivity contribution in [2.45, 2.75) is 25.8 Å². The fraction of sp³-hybridized carbons (Fsp3) is 0.263. The van der Waals surface area contributed by atoms with Gasteiger partial charge in [-0.1, -0.05) is 18.2 Å². The van der Waals surface area contributed by atoms with Crippen LogP contribution in [0.15, 0.2) is 54.6 Å². The Hall–Kier alpha value is -2.82. The van der Waals surface area contributed by atoms with Crippen LogP contribution in [0, 0.1) is 0 Å². The van der Waals surface area contributed by atoms with Crippen LogP contribution in [0.5, 0.6) is 11.5 Å². The second kappa shape index (κ2) is 7.17. The molecule has 5 heteroatoms. The molecule has 0 heterocycles. The first kappa shape index (κ1) is 16.1. The lowest BCUT2D eigenvalue weighted by atomic mass is 10.2. The monoisotopic (exact) mass is 324 g/mol. The molecule has 0 atom stereocenters. The van der Waals surface area contributed by atoms with Crippen LogP contribution in [-0.2, 0) is 9.59 Å². The minimum absolute atomic E-state index is 0.0325. The molecule has 2 aromatic rings. The summed E-state index contributed by atoms with van der Waals surface area (Å²) in [6, 6.07) is 16.9. The molecule has 5 nitrogen and oxygen atoms in total. The van der Waals surface area contributed by atoms with Gasteiger partial charge in [0.05, 0.1) is 0 Å². The molecule has 124 valence electrons. The first-order valence-corrected chi connectivity index (χ1v) is 8.02. The SMILES string of the molecule is CC(=O)N(CC(=O)NC1CC1)c1ccc(Oc2ccccc2)cc1. The Morgan fingerprint density at radius 2 is 1.67 bits per heavy atom. The van der Waals surface area contributed by atoms with Gasteiger partial charge >= 0.3 is 0 Å². The van der Waals surface area contributed by atoms with Gasteiger partial charge in [0, 0.05) is 18.7 Å². The number of rotatable bonds is 6. The second-order valence-electron chi connectivity index (χ2n) is 5.86. The van der Waals surface area contributed by atoms with Gasteiger partial charge in [0.15, 0.2) is 0 Å². The van der Waals surface area contributed by atoms with E-state index in [4.69, 9.17) is 4.74 Å². The van der Waals surface area contributed by atoms with E-state index in [-0.39, 0.29) is 24.4 Å². The number of benzene rings is 2. The molecule has 2 aromatic carbocycles. The van der Waals surface area contributed by atoms with E-state index < -0.39 is 0 Å². The fourth-order valence-electron chi connectivity index (χ4n) is 2.35. The Morgan fingerprint density at radius 1 is 1.04 bits per heavy atom. The molecule has 0 bridgehead atoms. The van der Waals surface area contributed by atoms with E-state index in [9.17, 15) is 9.59 Å². The van der Waals surface area contributed by atoms with Crippen molar-refractivity contribution in [1.82, 2.24) is 5.32 Å². The van der Waals surface area contributed by atoms with Crippen LogP contribution < -0.4 is 15.0 Å². The number of para-hydroxylation sites is 1. The molecule has 0 aromatic heterocycles. The number of nitrogens with zero attached hydrogens (tertiary/aromatic N) is 1. The van der Waals surface area contributed by atoms with E-state index in [1.807, 2.05) is 30.3 Å². The van der Waals surface area contributed by atoms with Crippen molar-refractivity contribution in [2.75, 3.05) is 11.4 Å². The summed E-state index contributed by atoms with van der Waals surface area (Å²) in [5, 5.41) is 2.90. The van der Waals surface area contributed by atoms with E-state index >= 15 is 0 Å². The van der Waals surface area contributed by atoms with Gasteiger partial charge in [-0.05, 0) is 49.2 Å². The van der Waals surface area contributed by atoms with E-state index in [0.29, 0.717) is 11.4 Å². The van der Waals surface area contributed by atoms with Crippen LogP contribution in [0.25, 0.3) is 0 Å². The Balaban J connectivity index is 1.66.